The third-order valence-corrected chi connectivity index (χ3v) is 5.50. The number of anilines is 1. The largest absolute Gasteiger partial charge is 0.475 e. The van der Waals surface area contributed by atoms with Crippen molar-refractivity contribution < 1.29 is 32.6 Å². The summed E-state index contributed by atoms with van der Waals surface area (Å²) < 4.78 is 47.1. The second kappa shape index (κ2) is 8.14. The van der Waals surface area contributed by atoms with Crippen molar-refractivity contribution in [1.29, 1.82) is 0 Å². The molecule has 1 aromatic carbocycles. The Morgan fingerprint density at radius 1 is 1.19 bits per heavy atom. The predicted octanol–water partition coefficient (Wildman–Crippen LogP) is 4.51. The third-order valence-electron chi connectivity index (χ3n) is 5.50. The molecule has 0 bridgehead atoms. The number of nitrogens with one attached hydrogen (secondary N) is 1. The minimum Gasteiger partial charge on any atom is -0.475 e. The first-order chi connectivity index (χ1) is 14.8. The highest BCUT2D eigenvalue weighted by Gasteiger charge is 2.42. The first-order valence-electron chi connectivity index (χ1n) is 9.87. The van der Waals surface area contributed by atoms with E-state index in [0.29, 0.717) is 23.5 Å². The Kier molecular flexibility index (Phi) is 5.53. The van der Waals surface area contributed by atoms with Crippen LogP contribution in [-0.2, 0) is 12.8 Å². The number of hydrogen-bond acceptors (Lipinski definition) is 4. The van der Waals surface area contributed by atoms with Crippen LogP contribution in [0.15, 0.2) is 46.9 Å². The molecule has 9 heteroatoms. The van der Waals surface area contributed by atoms with Crippen LogP contribution in [0.25, 0.3) is 17.1 Å². The van der Waals surface area contributed by atoms with Gasteiger partial charge in [-0.1, -0.05) is 12.1 Å². The van der Waals surface area contributed by atoms with Gasteiger partial charge in [0.2, 0.25) is 11.6 Å². The molecule has 0 saturated carbocycles. The Hall–Kier alpha value is -3.20. The number of nitrogens with zero attached hydrogens (tertiary/aromatic N) is 1. The zero-order chi connectivity index (χ0) is 22.2. The molecule has 4 rings (SSSR count). The molecule has 1 unspecified atom stereocenters. The van der Waals surface area contributed by atoms with E-state index in [-0.39, 0.29) is 37.5 Å². The van der Waals surface area contributed by atoms with Crippen LogP contribution in [0.3, 0.4) is 0 Å². The van der Waals surface area contributed by atoms with Crippen molar-refractivity contribution in [2.24, 2.45) is 5.92 Å². The van der Waals surface area contributed by atoms with Crippen LogP contribution in [-0.4, -0.2) is 40.1 Å². The van der Waals surface area contributed by atoms with Crippen LogP contribution in [0.1, 0.15) is 28.2 Å². The van der Waals surface area contributed by atoms with Gasteiger partial charge in [-0.2, -0.15) is 13.2 Å². The first kappa shape index (κ1) is 21.0. The molecule has 164 valence electrons. The van der Waals surface area contributed by atoms with Gasteiger partial charge < -0.3 is 19.9 Å². The summed E-state index contributed by atoms with van der Waals surface area (Å²) in [5, 5.41) is 21.2. The van der Waals surface area contributed by atoms with Crippen LogP contribution < -0.4 is 5.32 Å². The molecule has 1 aliphatic rings. The maximum Gasteiger partial charge on any atom is 0.392 e. The Morgan fingerprint density at radius 3 is 2.55 bits per heavy atom. The summed E-state index contributed by atoms with van der Waals surface area (Å²) in [6, 6.07) is 11.8. The van der Waals surface area contributed by atoms with Crippen LogP contribution >= 0.6 is 0 Å². The normalized spacial score (nSPS) is 16.2. The minimum absolute atomic E-state index is 0.0118. The number of alkyl halides is 3. The fraction of sp³-hybridized carbons (Fsp3) is 0.318. The molecule has 2 aromatic heterocycles. The first-order valence-corrected chi connectivity index (χ1v) is 9.87. The molecule has 0 spiro atoms. The summed E-state index contributed by atoms with van der Waals surface area (Å²) in [5.41, 5.74) is 3.46. The van der Waals surface area contributed by atoms with Gasteiger partial charge >= 0.3 is 12.1 Å². The summed E-state index contributed by atoms with van der Waals surface area (Å²) >= 11 is 0. The lowest BCUT2D eigenvalue weighted by Gasteiger charge is -2.25. The van der Waals surface area contributed by atoms with E-state index in [1.165, 1.54) is 12.1 Å². The quantitative estimate of drug-likeness (QED) is 0.532. The number of aromatic nitrogens is 1. The second-order valence-corrected chi connectivity index (χ2v) is 7.49. The highest BCUT2D eigenvalue weighted by atomic mass is 19.4. The van der Waals surface area contributed by atoms with Crippen molar-refractivity contribution in [2.75, 3.05) is 18.5 Å². The zero-order valence-electron chi connectivity index (χ0n) is 16.4. The summed E-state index contributed by atoms with van der Waals surface area (Å²) in [6.07, 6.45) is -4.21. The van der Waals surface area contributed by atoms with Gasteiger partial charge in [-0.25, -0.2) is 4.79 Å². The van der Waals surface area contributed by atoms with E-state index in [4.69, 9.17) is 9.52 Å². The average molecular weight is 434 g/mol. The molecular formula is C22H21F3N2O4. The minimum atomic E-state index is -4.26. The third kappa shape index (κ3) is 4.18. The number of hydrogen-bond donors (Lipinski definition) is 3. The number of carboxylic acid groups (broad SMARTS) is 1. The number of aromatic carboxylic acids is 1. The molecular weight excluding hydrogens is 413 g/mol. The highest BCUT2D eigenvalue weighted by molar-refractivity contribution is 5.84. The molecule has 3 aromatic rings. The molecule has 1 aliphatic carbocycles. The molecule has 2 heterocycles. The molecule has 0 saturated heterocycles. The Labute approximate surface area is 175 Å². The van der Waals surface area contributed by atoms with E-state index in [9.17, 15) is 23.1 Å². The summed E-state index contributed by atoms with van der Waals surface area (Å²) in [4.78, 5) is 11.3. The van der Waals surface area contributed by atoms with E-state index < -0.39 is 18.1 Å². The number of aliphatic hydroxyl groups is 1. The fourth-order valence-corrected chi connectivity index (χ4v) is 3.99. The molecule has 6 nitrogen and oxygen atoms in total. The standard InChI is InChI=1S/C22H21F3N2O4/c23-22(24,25)15-3-6-17-14(11-15)12-18(13-1-4-16(5-2-13)26-9-10-28)27(17)20-8-7-19(31-20)21(29)30/h1-2,4-5,7-8,12,15,26,28H,3,6,9-11H2,(H,29,30). The Bertz CT molecular complexity index is 1080. The molecule has 3 N–H and O–H groups in total. The van der Waals surface area contributed by atoms with Crippen LogP contribution in [0.2, 0.25) is 0 Å². The monoisotopic (exact) mass is 434 g/mol. The Morgan fingerprint density at radius 2 is 1.94 bits per heavy atom. The maximum atomic E-state index is 13.3. The number of carboxylic acids is 1. The van der Waals surface area contributed by atoms with E-state index in [2.05, 4.69) is 5.32 Å². The second-order valence-electron chi connectivity index (χ2n) is 7.49. The van der Waals surface area contributed by atoms with Crippen molar-refractivity contribution in [1.82, 2.24) is 4.57 Å². The van der Waals surface area contributed by atoms with Gasteiger partial charge in [-0.05, 0) is 54.7 Å². The van der Waals surface area contributed by atoms with Crippen molar-refractivity contribution in [3.05, 3.63) is 59.5 Å². The van der Waals surface area contributed by atoms with Gasteiger partial charge in [0.15, 0.2) is 0 Å². The van der Waals surface area contributed by atoms with Gasteiger partial charge in [0.1, 0.15) is 0 Å². The number of rotatable bonds is 6. The Balaban J connectivity index is 1.78. The average Bonchev–Trinajstić information content (AvgIpc) is 3.36. The van der Waals surface area contributed by atoms with Gasteiger partial charge in [-0.15, -0.1) is 0 Å². The maximum absolute atomic E-state index is 13.3. The van der Waals surface area contributed by atoms with Gasteiger partial charge in [0.25, 0.3) is 0 Å². The highest BCUT2D eigenvalue weighted by Crippen LogP contribution is 2.41. The predicted molar refractivity (Wildman–Crippen MR) is 108 cm³/mol. The van der Waals surface area contributed by atoms with Crippen LogP contribution in [0, 0.1) is 5.92 Å². The number of aliphatic hydroxyl groups excluding tert-OH is 1. The lowest BCUT2D eigenvalue weighted by Crippen LogP contribution is -2.29. The number of furan rings is 1. The molecule has 0 radical (unpaired) electrons. The van der Waals surface area contributed by atoms with Gasteiger partial charge in [0, 0.05) is 24.0 Å². The molecule has 0 aliphatic heterocycles. The summed E-state index contributed by atoms with van der Waals surface area (Å²) in [6.45, 7) is 0.384. The van der Waals surface area contributed by atoms with Crippen LogP contribution in [0.5, 0.6) is 0 Å². The smallest absolute Gasteiger partial charge is 0.392 e. The number of carbonyl (C=O) groups is 1. The molecule has 0 amide bonds. The van der Waals surface area contributed by atoms with E-state index in [1.807, 2.05) is 24.3 Å². The van der Waals surface area contributed by atoms with E-state index >= 15 is 0 Å². The zero-order valence-corrected chi connectivity index (χ0v) is 16.4. The van der Waals surface area contributed by atoms with E-state index in [1.54, 1.807) is 10.6 Å². The molecule has 31 heavy (non-hydrogen) atoms. The topological polar surface area (TPSA) is 87.6 Å². The fourth-order valence-electron chi connectivity index (χ4n) is 3.99. The van der Waals surface area contributed by atoms with Crippen molar-refractivity contribution in [3.63, 3.8) is 0 Å². The van der Waals surface area contributed by atoms with Gasteiger partial charge in [-0.3, -0.25) is 4.57 Å². The lowest BCUT2D eigenvalue weighted by molar-refractivity contribution is -0.177. The summed E-state index contributed by atoms with van der Waals surface area (Å²) in [7, 11) is 0. The lowest BCUT2D eigenvalue weighted by atomic mass is 9.87. The van der Waals surface area contributed by atoms with Crippen molar-refractivity contribution in [2.45, 2.75) is 25.4 Å². The van der Waals surface area contributed by atoms with Gasteiger partial charge in [0.05, 0.1) is 18.2 Å². The molecule has 1 atom stereocenters. The summed E-state index contributed by atoms with van der Waals surface area (Å²) in [5.74, 6) is -2.61. The van der Waals surface area contributed by atoms with E-state index in [0.717, 1.165) is 11.3 Å². The number of benzene rings is 1. The van der Waals surface area contributed by atoms with Crippen molar-refractivity contribution in [3.8, 4) is 17.1 Å². The van der Waals surface area contributed by atoms with Crippen molar-refractivity contribution >= 4 is 11.7 Å². The molecule has 0 fully saturated rings. The number of fused-ring (bicyclic) bond motifs is 1. The SMILES string of the molecule is O=C(O)c1ccc(-n2c(-c3ccc(NCCO)cc3)cc3c2CCC(C(F)(F)F)C3)o1. The van der Waals surface area contributed by atoms with Crippen LogP contribution in [0.4, 0.5) is 18.9 Å². The number of halogens is 3.